The van der Waals surface area contributed by atoms with Gasteiger partial charge in [-0.1, -0.05) is 47.5 Å². The van der Waals surface area contributed by atoms with Crippen LogP contribution in [0.3, 0.4) is 0 Å². The Morgan fingerprint density at radius 3 is 2.42 bits per heavy atom. The van der Waals surface area contributed by atoms with Gasteiger partial charge in [0.15, 0.2) is 5.82 Å². The Kier molecular flexibility index (Phi) is 7.47. The lowest BCUT2D eigenvalue weighted by Gasteiger charge is -2.33. The zero-order valence-electron chi connectivity index (χ0n) is 17.9. The number of piperidine rings is 1. The van der Waals surface area contributed by atoms with E-state index in [1.807, 2.05) is 30.3 Å². The standard InChI is InChI=1S/C25H24Cl2N4O2/c26-19-6-4-5-18(14-19)25(33)30-22-15-20(27)16-28-24(22)31-11-9-17(10-12-31)13-23(32)29-21-7-2-1-3-8-21/h1-8,14-17H,9-13H2,(H,29,32)(H,30,33). The van der Waals surface area contributed by atoms with Crippen molar-refractivity contribution >= 4 is 52.2 Å². The van der Waals surface area contributed by atoms with Gasteiger partial charge in [-0.15, -0.1) is 0 Å². The quantitative estimate of drug-likeness (QED) is 0.459. The molecule has 2 amide bonds. The first-order valence-corrected chi connectivity index (χ1v) is 11.6. The summed E-state index contributed by atoms with van der Waals surface area (Å²) in [6.45, 7) is 1.47. The Morgan fingerprint density at radius 1 is 0.939 bits per heavy atom. The van der Waals surface area contributed by atoms with Crippen LogP contribution in [0.2, 0.25) is 10.0 Å². The molecular formula is C25H24Cl2N4O2. The summed E-state index contributed by atoms with van der Waals surface area (Å²) in [5, 5.41) is 6.79. The molecule has 6 nitrogen and oxygen atoms in total. The fourth-order valence-electron chi connectivity index (χ4n) is 3.94. The van der Waals surface area contributed by atoms with Crippen LogP contribution in [0.25, 0.3) is 0 Å². The zero-order valence-corrected chi connectivity index (χ0v) is 19.4. The number of hydrogen-bond acceptors (Lipinski definition) is 4. The Bertz CT molecular complexity index is 1130. The van der Waals surface area contributed by atoms with E-state index in [9.17, 15) is 9.59 Å². The molecule has 0 radical (unpaired) electrons. The molecule has 8 heteroatoms. The number of carbonyl (C=O) groups excluding carboxylic acids is 2. The van der Waals surface area contributed by atoms with Gasteiger partial charge in [-0.25, -0.2) is 4.98 Å². The van der Waals surface area contributed by atoms with Gasteiger partial charge in [-0.3, -0.25) is 9.59 Å². The molecule has 1 aromatic heterocycles. The highest BCUT2D eigenvalue weighted by Crippen LogP contribution is 2.31. The molecule has 0 atom stereocenters. The number of benzene rings is 2. The molecule has 0 bridgehead atoms. The second kappa shape index (κ2) is 10.7. The molecule has 0 unspecified atom stereocenters. The third kappa shape index (κ3) is 6.24. The predicted octanol–water partition coefficient (Wildman–Crippen LogP) is 5.89. The lowest BCUT2D eigenvalue weighted by atomic mass is 9.93. The fraction of sp³-hybridized carbons (Fsp3) is 0.240. The topological polar surface area (TPSA) is 74.3 Å². The van der Waals surface area contributed by atoms with Crippen molar-refractivity contribution in [2.75, 3.05) is 28.6 Å². The number of halogens is 2. The third-order valence-electron chi connectivity index (χ3n) is 5.61. The van der Waals surface area contributed by atoms with Gasteiger partial charge in [0.2, 0.25) is 5.91 Å². The summed E-state index contributed by atoms with van der Waals surface area (Å²) in [5.41, 5.74) is 1.81. The van der Waals surface area contributed by atoms with Crippen LogP contribution < -0.4 is 15.5 Å². The molecule has 2 aromatic carbocycles. The largest absolute Gasteiger partial charge is 0.355 e. The lowest BCUT2D eigenvalue weighted by molar-refractivity contribution is -0.117. The first-order chi connectivity index (χ1) is 16.0. The molecular weight excluding hydrogens is 459 g/mol. The number of nitrogens with one attached hydrogen (secondary N) is 2. The monoisotopic (exact) mass is 482 g/mol. The number of hydrogen-bond donors (Lipinski definition) is 2. The highest BCUT2D eigenvalue weighted by Gasteiger charge is 2.24. The first kappa shape index (κ1) is 23.1. The number of rotatable bonds is 6. The van der Waals surface area contributed by atoms with Crippen molar-refractivity contribution in [2.24, 2.45) is 5.92 Å². The first-order valence-electron chi connectivity index (χ1n) is 10.8. The number of carbonyl (C=O) groups is 2. The van der Waals surface area contributed by atoms with Crippen molar-refractivity contribution in [3.05, 3.63) is 82.5 Å². The summed E-state index contributed by atoms with van der Waals surface area (Å²) >= 11 is 12.2. The van der Waals surface area contributed by atoms with Gasteiger partial charge in [-0.2, -0.15) is 0 Å². The highest BCUT2D eigenvalue weighted by molar-refractivity contribution is 6.31. The SMILES string of the molecule is O=C(CC1CCN(c2ncc(Cl)cc2NC(=O)c2cccc(Cl)c2)CC1)Nc1ccccc1. The maximum atomic E-state index is 12.7. The van der Waals surface area contributed by atoms with Gasteiger partial charge in [0.25, 0.3) is 5.91 Å². The molecule has 3 aromatic rings. The van der Waals surface area contributed by atoms with E-state index < -0.39 is 0 Å². The third-order valence-corrected chi connectivity index (χ3v) is 6.06. The molecule has 0 spiro atoms. The second-order valence-electron chi connectivity index (χ2n) is 8.04. The van der Waals surface area contributed by atoms with Crippen LogP contribution in [0.4, 0.5) is 17.2 Å². The van der Waals surface area contributed by atoms with E-state index in [-0.39, 0.29) is 11.8 Å². The molecule has 2 heterocycles. The molecule has 1 fully saturated rings. The second-order valence-corrected chi connectivity index (χ2v) is 8.91. The molecule has 1 aliphatic rings. The van der Waals surface area contributed by atoms with Crippen LogP contribution in [0, 0.1) is 5.92 Å². The minimum absolute atomic E-state index is 0.0266. The minimum Gasteiger partial charge on any atom is -0.355 e. The number of nitrogens with zero attached hydrogens (tertiary/aromatic N) is 2. The van der Waals surface area contributed by atoms with Gasteiger partial charge in [0.05, 0.1) is 10.7 Å². The summed E-state index contributed by atoms with van der Waals surface area (Å²) in [5.74, 6) is 0.706. The lowest BCUT2D eigenvalue weighted by Crippen LogP contribution is -2.36. The number of pyridine rings is 1. The smallest absolute Gasteiger partial charge is 0.255 e. The van der Waals surface area contributed by atoms with Crippen LogP contribution in [-0.2, 0) is 4.79 Å². The fourth-order valence-corrected chi connectivity index (χ4v) is 4.29. The maximum Gasteiger partial charge on any atom is 0.255 e. The summed E-state index contributed by atoms with van der Waals surface area (Å²) in [7, 11) is 0. The Labute approximate surface area is 202 Å². The highest BCUT2D eigenvalue weighted by atomic mass is 35.5. The van der Waals surface area contributed by atoms with E-state index in [1.54, 1.807) is 36.5 Å². The van der Waals surface area contributed by atoms with Gasteiger partial charge in [0, 0.05) is 42.0 Å². The Balaban J connectivity index is 1.38. The van der Waals surface area contributed by atoms with E-state index in [4.69, 9.17) is 23.2 Å². The van der Waals surface area contributed by atoms with Crippen LogP contribution in [0.1, 0.15) is 29.6 Å². The van der Waals surface area contributed by atoms with Crippen LogP contribution in [0.5, 0.6) is 0 Å². The summed E-state index contributed by atoms with van der Waals surface area (Å²) in [6.07, 6.45) is 3.77. The maximum absolute atomic E-state index is 12.7. The van der Waals surface area contributed by atoms with E-state index in [0.717, 1.165) is 31.6 Å². The van der Waals surface area contributed by atoms with Crippen molar-refractivity contribution in [2.45, 2.75) is 19.3 Å². The van der Waals surface area contributed by atoms with Gasteiger partial charge in [0.1, 0.15) is 0 Å². The molecule has 2 N–H and O–H groups in total. The van der Waals surface area contributed by atoms with Crippen molar-refractivity contribution in [1.82, 2.24) is 4.98 Å². The number of amides is 2. The molecule has 33 heavy (non-hydrogen) atoms. The van der Waals surface area contributed by atoms with Crippen molar-refractivity contribution in [3.63, 3.8) is 0 Å². The number of anilines is 3. The summed E-state index contributed by atoms with van der Waals surface area (Å²) in [6, 6.07) is 17.9. The zero-order chi connectivity index (χ0) is 23.2. The van der Waals surface area contributed by atoms with E-state index in [0.29, 0.717) is 39.5 Å². The van der Waals surface area contributed by atoms with E-state index in [2.05, 4.69) is 20.5 Å². The summed E-state index contributed by atoms with van der Waals surface area (Å²) < 4.78 is 0. The van der Waals surface area contributed by atoms with Gasteiger partial charge < -0.3 is 15.5 Å². The Morgan fingerprint density at radius 2 is 1.70 bits per heavy atom. The van der Waals surface area contributed by atoms with E-state index in [1.165, 1.54) is 0 Å². The molecule has 0 aliphatic carbocycles. The van der Waals surface area contributed by atoms with Crippen LogP contribution in [-0.4, -0.2) is 29.9 Å². The average Bonchev–Trinajstić information content (AvgIpc) is 2.80. The van der Waals surface area contributed by atoms with Gasteiger partial charge in [-0.05, 0) is 55.2 Å². The normalized spacial score (nSPS) is 14.1. The van der Waals surface area contributed by atoms with Gasteiger partial charge >= 0.3 is 0 Å². The van der Waals surface area contributed by atoms with Crippen LogP contribution in [0.15, 0.2) is 66.9 Å². The average molecular weight is 483 g/mol. The number of para-hydroxylation sites is 1. The van der Waals surface area contributed by atoms with Crippen molar-refractivity contribution in [3.8, 4) is 0 Å². The number of aromatic nitrogens is 1. The van der Waals surface area contributed by atoms with E-state index >= 15 is 0 Å². The molecule has 0 saturated carbocycles. The Hall–Kier alpha value is -3.09. The minimum atomic E-state index is -0.282. The van der Waals surface area contributed by atoms with Crippen LogP contribution >= 0.6 is 23.2 Å². The molecule has 170 valence electrons. The van der Waals surface area contributed by atoms with Crippen molar-refractivity contribution < 1.29 is 9.59 Å². The molecule has 4 rings (SSSR count). The predicted molar refractivity (Wildman–Crippen MR) is 133 cm³/mol. The molecule has 1 saturated heterocycles. The molecule has 1 aliphatic heterocycles. The summed E-state index contributed by atoms with van der Waals surface area (Å²) in [4.78, 5) is 31.7. The van der Waals surface area contributed by atoms with Crippen molar-refractivity contribution in [1.29, 1.82) is 0 Å².